The quantitative estimate of drug-likeness (QED) is 0.174. The van der Waals surface area contributed by atoms with Crippen LogP contribution < -0.4 is 21.3 Å². The number of thiol groups is 2. The fraction of sp³-hybridized carbons (Fsp3) is 0.394. The number of aromatic amines is 2. The van der Waals surface area contributed by atoms with Gasteiger partial charge in [-0.15, -0.1) is 12.6 Å². The van der Waals surface area contributed by atoms with Gasteiger partial charge in [-0.2, -0.15) is 12.6 Å². The second kappa shape index (κ2) is 13.6. The van der Waals surface area contributed by atoms with Crippen molar-refractivity contribution in [2.24, 2.45) is 11.8 Å². The van der Waals surface area contributed by atoms with E-state index in [1.807, 2.05) is 52.8 Å². The fourth-order valence-corrected chi connectivity index (χ4v) is 6.95. The summed E-state index contributed by atoms with van der Waals surface area (Å²) in [6, 6.07) is -0.405. The summed E-state index contributed by atoms with van der Waals surface area (Å²) >= 11 is 8.89. The van der Waals surface area contributed by atoms with Crippen molar-refractivity contribution in [3.05, 3.63) is 72.7 Å². The van der Waals surface area contributed by atoms with E-state index in [0.717, 1.165) is 44.6 Å². The molecule has 0 radical (unpaired) electrons. The van der Waals surface area contributed by atoms with E-state index < -0.39 is 18.0 Å². The maximum Gasteiger partial charge on any atom is 0.303 e. The Bertz CT molecular complexity index is 1780. The molecule has 10 nitrogen and oxygen atoms in total. The van der Waals surface area contributed by atoms with Crippen LogP contribution in [0, 0.1) is 25.7 Å². The molecule has 0 saturated carbocycles. The Kier molecular flexibility index (Phi) is 10.3. The van der Waals surface area contributed by atoms with Gasteiger partial charge in [-0.1, -0.05) is 20.4 Å². The maximum atomic E-state index is 12.5. The van der Waals surface area contributed by atoms with E-state index in [1.54, 1.807) is 0 Å². The Labute approximate surface area is 272 Å². The lowest BCUT2D eigenvalue weighted by atomic mass is 9.91. The molecule has 2 amide bonds. The molecule has 0 aromatic carbocycles. The molecule has 1 saturated heterocycles. The zero-order chi connectivity index (χ0) is 33.3. The summed E-state index contributed by atoms with van der Waals surface area (Å²) in [7, 11) is 0. The Morgan fingerprint density at radius 3 is 2.13 bits per heavy atom. The van der Waals surface area contributed by atoms with Crippen molar-refractivity contribution < 1.29 is 29.4 Å². The molecule has 4 heterocycles. The molecular weight excluding hydrogens is 613 g/mol. The van der Waals surface area contributed by atoms with Crippen LogP contribution in [0.15, 0.2) is 28.3 Å². The summed E-state index contributed by atoms with van der Waals surface area (Å²) in [6.07, 6.45) is 6.01. The number of carbonyl (C=O) groups excluding carboxylic acids is 2. The van der Waals surface area contributed by atoms with E-state index in [9.17, 15) is 29.4 Å². The van der Waals surface area contributed by atoms with Gasteiger partial charge in [-0.25, -0.2) is 0 Å². The number of hydrogen-bond donors (Lipinski definition) is 8. The summed E-state index contributed by atoms with van der Waals surface area (Å²) in [5.41, 5.74) is 6.68. The fourth-order valence-electron chi connectivity index (χ4n) is 6.25. The third-order valence-corrected chi connectivity index (χ3v) is 9.31. The van der Waals surface area contributed by atoms with Crippen LogP contribution in [0.5, 0.6) is 0 Å². The van der Waals surface area contributed by atoms with Crippen molar-refractivity contribution in [2.45, 2.75) is 71.6 Å². The molecule has 0 aliphatic carbocycles. The van der Waals surface area contributed by atoms with E-state index >= 15 is 0 Å². The molecule has 4 atom stereocenters. The summed E-state index contributed by atoms with van der Waals surface area (Å²) in [6.45, 7) is 13.3. The lowest BCUT2D eigenvalue weighted by molar-refractivity contribution is -0.138. The molecule has 2 aliphatic heterocycles. The molecule has 2 aromatic heterocycles. The highest BCUT2D eigenvalue weighted by Gasteiger charge is 2.37. The number of rotatable bonds is 11. The number of aliphatic carboxylic acids is 2. The second-order valence-electron chi connectivity index (χ2n) is 11.8. The van der Waals surface area contributed by atoms with E-state index in [2.05, 4.69) is 52.4 Å². The van der Waals surface area contributed by atoms with Gasteiger partial charge in [0.2, 0.25) is 5.91 Å². The van der Waals surface area contributed by atoms with Crippen LogP contribution in [-0.2, 0) is 32.0 Å². The Morgan fingerprint density at radius 1 is 0.956 bits per heavy atom. The highest BCUT2D eigenvalue weighted by molar-refractivity contribution is 7.84. The number of aromatic nitrogens is 2. The van der Waals surface area contributed by atoms with Gasteiger partial charge in [0.15, 0.2) is 0 Å². The Hall–Kier alpha value is -3.90. The molecular formula is C33H40N4O6S2. The number of carbonyl (C=O) groups is 4. The van der Waals surface area contributed by atoms with E-state index in [4.69, 9.17) is 0 Å². The Balaban J connectivity index is 1.89. The van der Waals surface area contributed by atoms with Crippen LogP contribution in [0.3, 0.4) is 0 Å². The number of H-pyrrole nitrogens is 2. The predicted molar refractivity (Wildman–Crippen MR) is 180 cm³/mol. The van der Waals surface area contributed by atoms with E-state index in [1.165, 1.54) is 0 Å². The van der Waals surface area contributed by atoms with Crippen LogP contribution in [0.1, 0.15) is 67.3 Å². The number of allylic oxidation sites excluding steroid dienone is 1. The van der Waals surface area contributed by atoms with Crippen molar-refractivity contribution in [1.82, 2.24) is 20.6 Å². The van der Waals surface area contributed by atoms with Gasteiger partial charge < -0.3 is 30.8 Å². The van der Waals surface area contributed by atoms with Gasteiger partial charge in [0.1, 0.15) is 0 Å². The standard InChI is InChI=1S/C33H40N4O6S2/c1-14-20(7-9-28(38)39)25(34-22(14)11-24-16(3)31(19(6)45)33(43)36-24)13-26-21(8-10-29(40)41)15(2)23(35-26)12-27-30(18(5)44)17(4)32(42)37-27/h11-13,17-18,24,30,34-35,44-45H,6-10H2,1-5H3,(H,36,43)(H,37,42)(H,38,39)(H,40,41)/b22-11+,25-13+,27-12-/t17-,18+,24-,30+/m1/s1. The van der Waals surface area contributed by atoms with Crippen molar-refractivity contribution in [3.8, 4) is 0 Å². The lowest BCUT2D eigenvalue weighted by Gasteiger charge is -2.17. The van der Waals surface area contributed by atoms with E-state index in [0.29, 0.717) is 21.5 Å². The third kappa shape index (κ3) is 7.17. The van der Waals surface area contributed by atoms with Crippen LogP contribution in [-0.4, -0.2) is 55.2 Å². The minimum absolute atomic E-state index is 0.0719. The number of carboxylic acid groups (broad SMARTS) is 2. The smallest absolute Gasteiger partial charge is 0.303 e. The molecule has 1 fully saturated rings. The Morgan fingerprint density at radius 2 is 1.58 bits per heavy atom. The first-order valence-corrected chi connectivity index (χ1v) is 15.7. The highest BCUT2D eigenvalue weighted by atomic mass is 32.1. The number of nitrogens with one attached hydrogen (secondary N) is 4. The molecule has 240 valence electrons. The largest absolute Gasteiger partial charge is 0.481 e. The first-order valence-electron chi connectivity index (χ1n) is 14.8. The number of amides is 2. The predicted octanol–water partition coefficient (Wildman–Crippen LogP) is 2.90. The minimum Gasteiger partial charge on any atom is -0.481 e. The van der Waals surface area contributed by atoms with Crippen LogP contribution in [0.25, 0.3) is 18.2 Å². The van der Waals surface area contributed by atoms with Crippen LogP contribution in [0.4, 0.5) is 0 Å². The van der Waals surface area contributed by atoms with E-state index in [-0.39, 0.29) is 54.6 Å². The molecule has 2 aliphatic rings. The van der Waals surface area contributed by atoms with Gasteiger partial charge >= 0.3 is 11.9 Å². The summed E-state index contributed by atoms with van der Waals surface area (Å²) in [5.74, 6) is -2.54. The van der Waals surface area contributed by atoms with Crippen molar-refractivity contribution in [1.29, 1.82) is 0 Å². The van der Waals surface area contributed by atoms with Gasteiger partial charge in [0.05, 0.1) is 11.6 Å². The molecule has 0 bridgehead atoms. The molecule has 0 unspecified atom stereocenters. The van der Waals surface area contributed by atoms with Gasteiger partial charge in [0, 0.05) is 62.6 Å². The molecule has 2 aromatic rings. The number of hydrogen-bond acceptors (Lipinski definition) is 6. The second-order valence-corrected chi connectivity index (χ2v) is 13.2. The molecule has 6 N–H and O–H groups in total. The first kappa shape index (κ1) is 34.0. The lowest BCUT2D eigenvalue weighted by Crippen LogP contribution is -2.29. The summed E-state index contributed by atoms with van der Waals surface area (Å²) in [4.78, 5) is 55.4. The average molecular weight is 653 g/mol. The first-order chi connectivity index (χ1) is 21.1. The van der Waals surface area contributed by atoms with Crippen molar-refractivity contribution in [2.75, 3.05) is 0 Å². The van der Waals surface area contributed by atoms with Crippen LogP contribution in [0.2, 0.25) is 0 Å². The summed E-state index contributed by atoms with van der Waals surface area (Å²) < 4.78 is 0. The number of carboxylic acids is 2. The summed E-state index contributed by atoms with van der Waals surface area (Å²) in [5, 5.41) is 26.2. The zero-order valence-corrected chi connectivity index (χ0v) is 27.8. The van der Waals surface area contributed by atoms with Gasteiger partial charge in [-0.3, -0.25) is 19.2 Å². The monoisotopic (exact) mass is 652 g/mol. The molecule has 0 spiro atoms. The topological polar surface area (TPSA) is 164 Å². The third-order valence-electron chi connectivity index (χ3n) is 8.76. The minimum atomic E-state index is -0.932. The van der Waals surface area contributed by atoms with Crippen molar-refractivity contribution >= 4 is 67.2 Å². The molecule has 45 heavy (non-hydrogen) atoms. The normalized spacial score (nSPS) is 22.4. The average Bonchev–Trinajstić information content (AvgIpc) is 3.59. The van der Waals surface area contributed by atoms with Gasteiger partial charge in [-0.05, 0) is 79.7 Å². The highest BCUT2D eigenvalue weighted by Crippen LogP contribution is 2.34. The molecule has 12 heteroatoms. The van der Waals surface area contributed by atoms with Crippen LogP contribution >= 0.6 is 25.3 Å². The SMILES string of the molecule is C=C(S)C1=C(C)[C@@H](/C=c2/[nH]/c(=C/c3[nH]c(/C=C4\NC(=O)[C@H](C)[C@H]4[C@H](C)S)c(C)c3CCC(=O)O)c(CCC(=O)O)c2C)NC1=O. The zero-order valence-electron chi connectivity index (χ0n) is 26.0. The van der Waals surface area contributed by atoms with Crippen molar-refractivity contribution in [3.63, 3.8) is 0 Å². The van der Waals surface area contributed by atoms with Gasteiger partial charge in [0.25, 0.3) is 5.91 Å². The maximum absolute atomic E-state index is 12.5. The molecule has 4 rings (SSSR count).